The molecule has 3 nitrogen and oxygen atoms in total. The minimum atomic E-state index is 0.123. The van der Waals surface area contributed by atoms with E-state index in [2.05, 4.69) is 51.1 Å². The lowest BCUT2D eigenvalue weighted by molar-refractivity contribution is 0.804. The van der Waals surface area contributed by atoms with Crippen molar-refractivity contribution in [2.75, 3.05) is 6.26 Å². The fourth-order valence-corrected chi connectivity index (χ4v) is 1.90. The Morgan fingerprint density at radius 2 is 2.12 bits per heavy atom. The molecule has 16 heavy (non-hydrogen) atoms. The molecular formula is C10H14BrN3S2. The Hall–Kier alpha value is -0.0700. The van der Waals surface area contributed by atoms with Gasteiger partial charge < -0.3 is 0 Å². The van der Waals surface area contributed by atoms with Gasteiger partial charge in [0, 0.05) is 10.9 Å². The second-order valence-corrected chi connectivity index (χ2v) is 7.27. The van der Waals surface area contributed by atoms with Gasteiger partial charge in [-0.3, -0.25) is 0 Å². The minimum absolute atomic E-state index is 0.123. The van der Waals surface area contributed by atoms with Gasteiger partial charge in [-0.15, -0.1) is 0 Å². The van der Waals surface area contributed by atoms with E-state index in [0.29, 0.717) is 0 Å². The van der Waals surface area contributed by atoms with Crippen LogP contribution >= 0.6 is 39.6 Å². The van der Waals surface area contributed by atoms with Gasteiger partial charge in [-0.25, -0.2) is 14.4 Å². The number of nitrogens with zero attached hydrogens (tertiary/aromatic N) is 3. The summed E-state index contributed by atoms with van der Waals surface area (Å²) in [6.45, 7) is 6.37. The zero-order valence-corrected chi connectivity index (χ0v) is 12.9. The van der Waals surface area contributed by atoms with Gasteiger partial charge in [0.1, 0.15) is 5.69 Å². The van der Waals surface area contributed by atoms with Crippen LogP contribution in [0.15, 0.2) is 20.2 Å². The van der Waals surface area contributed by atoms with Crippen molar-refractivity contribution in [3.05, 3.63) is 16.4 Å². The highest BCUT2D eigenvalue weighted by atomic mass is 79.9. The lowest BCUT2D eigenvalue weighted by Crippen LogP contribution is -2.05. The number of aromatic nitrogens is 2. The molecule has 0 aliphatic rings. The normalized spacial score (nSPS) is 12.3. The van der Waals surface area contributed by atoms with Crippen molar-refractivity contribution in [2.24, 2.45) is 4.40 Å². The van der Waals surface area contributed by atoms with Crippen LogP contribution in [0, 0.1) is 0 Å². The summed E-state index contributed by atoms with van der Waals surface area (Å²) >= 11 is 6.46. The first kappa shape index (κ1) is 14.0. The maximum Gasteiger partial charge on any atom is 0.187 e. The zero-order chi connectivity index (χ0) is 12.2. The maximum absolute atomic E-state index is 4.35. The molecule has 0 aromatic carbocycles. The van der Waals surface area contributed by atoms with E-state index in [9.17, 15) is 0 Å². The van der Waals surface area contributed by atoms with Crippen molar-refractivity contribution in [1.82, 2.24) is 9.97 Å². The summed E-state index contributed by atoms with van der Waals surface area (Å²) in [5.41, 5.74) is 0.816. The third kappa shape index (κ3) is 4.84. The molecule has 0 N–H and O–H groups in total. The molecule has 0 spiro atoms. The molecule has 0 aliphatic heterocycles. The quantitative estimate of drug-likeness (QED) is 0.367. The summed E-state index contributed by atoms with van der Waals surface area (Å²) in [7, 11) is 0. The molecule has 0 radical (unpaired) electrons. The van der Waals surface area contributed by atoms with Gasteiger partial charge in [0.25, 0.3) is 0 Å². The van der Waals surface area contributed by atoms with E-state index in [1.807, 2.05) is 6.26 Å². The van der Waals surface area contributed by atoms with Crippen LogP contribution in [-0.4, -0.2) is 27.2 Å². The van der Waals surface area contributed by atoms with E-state index >= 15 is 0 Å². The van der Waals surface area contributed by atoms with Crippen LogP contribution in [0.3, 0.4) is 0 Å². The second-order valence-electron chi connectivity index (χ2n) is 4.03. The van der Waals surface area contributed by atoms with Crippen LogP contribution in [0.2, 0.25) is 0 Å². The average Bonchev–Trinajstić information content (AvgIpc) is 2.19. The molecule has 0 bridgehead atoms. The molecule has 6 heteroatoms. The van der Waals surface area contributed by atoms with Gasteiger partial charge in [-0.2, -0.15) is 0 Å². The summed E-state index contributed by atoms with van der Waals surface area (Å²) in [6.07, 6.45) is 5.47. The first-order valence-electron chi connectivity index (χ1n) is 4.70. The van der Waals surface area contributed by atoms with Crippen LogP contribution in [0.1, 0.15) is 26.5 Å². The molecule has 0 amide bonds. The van der Waals surface area contributed by atoms with E-state index in [1.165, 1.54) is 23.7 Å². The standard InChI is InChI=1S/C10H14BrN3S2/c1-10(2,3)16-13-6-8-7(11)5-12-9(14-8)15-4/h5-6H,1-4H3. The smallest absolute Gasteiger partial charge is 0.187 e. The van der Waals surface area contributed by atoms with E-state index in [0.717, 1.165) is 15.3 Å². The minimum Gasteiger partial charge on any atom is -0.230 e. The number of thioether (sulfide) groups is 1. The lowest BCUT2D eigenvalue weighted by Gasteiger charge is -2.12. The maximum atomic E-state index is 4.35. The first-order valence-corrected chi connectivity index (χ1v) is 7.49. The predicted molar refractivity (Wildman–Crippen MR) is 76.5 cm³/mol. The Labute approximate surface area is 113 Å². The third-order valence-corrected chi connectivity index (χ3v) is 3.36. The van der Waals surface area contributed by atoms with Crippen molar-refractivity contribution in [2.45, 2.75) is 30.7 Å². The van der Waals surface area contributed by atoms with Gasteiger partial charge in [-0.05, 0) is 54.9 Å². The summed E-state index contributed by atoms with van der Waals surface area (Å²) in [5, 5.41) is 0.755. The summed E-state index contributed by atoms with van der Waals surface area (Å²) in [4.78, 5) is 8.50. The Balaban J connectivity index is 2.80. The monoisotopic (exact) mass is 319 g/mol. The second kappa shape index (κ2) is 6.02. The largest absolute Gasteiger partial charge is 0.230 e. The van der Waals surface area contributed by atoms with E-state index in [1.54, 1.807) is 12.4 Å². The zero-order valence-electron chi connectivity index (χ0n) is 9.69. The number of hydrogen-bond acceptors (Lipinski definition) is 5. The highest BCUT2D eigenvalue weighted by Crippen LogP contribution is 2.24. The Kier molecular flexibility index (Phi) is 5.27. The molecule has 88 valence electrons. The molecule has 0 atom stereocenters. The van der Waals surface area contributed by atoms with Gasteiger partial charge in [0.2, 0.25) is 0 Å². The molecule has 0 aliphatic carbocycles. The molecule has 1 aromatic heterocycles. The van der Waals surface area contributed by atoms with E-state index < -0.39 is 0 Å². The molecule has 0 fully saturated rings. The van der Waals surface area contributed by atoms with Crippen molar-refractivity contribution in [3.8, 4) is 0 Å². The summed E-state index contributed by atoms with van der Waals surface area (Å²) in [5.74, 6) is 0. The first-order chi connectivity index (χ1) is 7.42. The van der Waals surface area contributed by atoms with Crippen molar-refractivity contribution < 1.29 is 0 Å². The van der Waals surface area contributed by atoms with Crippen LogP contribution in [0.4, 0.5) is 0 Å². The fraction of sp³-hybridized carbons (Fsp3) is 0.500. The number of hydrogen-bond donors (Lipinski definition) is 0. The SMILES string of the molecule is CSc1ncc(Br)c(C=NSC(C)(C)C)n1. The van der Waals surface area contributed by atoms with Crippen molar-refractivity contribution in [3.63, 3.8) is 0 Å². The van der Waals surface area contributed by atoms with E-state index in [4.69, 9.17) is 0 Å². The Bertz CT molecular complexity index is 388. The predicted octanol–water partition coefficient (Wildman–Crippen LogP) is 3.83. The third-order valence-electron chi connectivity index (χ3n) is 1.43. The average molecular weight is 320 g/mol. The highest BCUT2D eigenvalue weighted by molar-refractivity contribution is 9.10. The summed E-state index contributed by atoms with van der Waals surface area (Å²) < 4.78 is 5.30. The highest BCUT2D eigenvalue weighted by Gasteiger charge is 2.09. The van der Waals surface area contributed by atoms with Crippen molar-refractivity contribution >= 4 is 45.9 Å². The van der Waals surface area contributed by atoms with Crippen LogP contribution in [0.25, 0.3) is 0 Å². The van der Waals surface area contributed by atoms with Gasteiger partial charge in [-0.1, -0.05) is 11.8 Å². The molecule has 1 aromatic rings. The van der Waals surface area contributed by atoms with Gasteiger partial charge in [0.05, 0.1) is 10.7 Å². The van der Waals surface area contributed by atoms with Crippen LogP contribution in [-0.2, 0) is 0 Å². The summed E-state index contributed by atoms with van der Waals surface area (Å²) in [6, 6.07) is 0. The van der Waals surface area contributed by atoms with Crippen LogP contribution < -0.4 is 0 Å². The Morgan fingerprint density at radius 3 is 2.69 bits per heavy atom. The van der Waals surface area contributed by atoms with Crippen molar-refractivity contribution in [1.29, 1.82) is 0 Å². The number of rotatable bonds is 3. The van der Waals surface area contributed by atoms with Gasteiger partial charge >= 0.3 is 0 Å². The van der Waals surface area contributed by atoms with Crippen LogP contribution in [0.5, 0.6) is 0 Å². The number of halogens is 1. The lowest BCUT2D eigenvalue weighted by atomic mass is 10.3. The topological polar surface area (TPSA) is 38.1 Å². The Morgan fingerprint density at radius 1 is 1.44 bits per heavy atom. The molecule has 0 saturated carbocycles. The molecule has 0 unspecified atom stereocenters. The van der Waals surface area contributed by atoms with E-state index in [-0.39, 0.29) is 4.75 Å². The molecular weight excluding hydrogens is 306 g/mol. The molecule has 0 saturated heterocycles. The van der Waals surface area contributed by atoms with Gasteiger partial charge in [0.15, 0.2) is 5.16 Å². The fourth-order valence-electron chi connectivity index (χ4n) is 0.787. The molecule has 1 rings (SSSR count). The molecule has 1 heterocycles.